The molecule has 0 bridgehead atoms. The average Bonchev–Trinajstić information content (AvgIpc) is 3.04. The molecule has 1 atom stereocenters. The van der Waals surface area contributed by atoms with Gasteiger partial charge in [-0.2, -0.15) is 5.10 Å². The van der Waals surface area contributed by atoms with Crippen LogP contribution in [0.5, 0.6) is 0 Å². The van der Waals surface area contributed by atoms with Crippen molar-refractivity contribution in [3.8, 4) is 0 Å². The van der Waals surface area contributed by atoms with E-state index in [0.717, 1.165) is 11.1 Å². The highest BCUT2D eigenvalue weighted by atomic mass is 16.5. The second-order valence-corrected chi connectivity index (χ2v) is 7.15. The highest BCUT2D eigenvalue weighted by Crippen LogP contribution is 2.26. The van der Waals surface area contributed by atoms with E-state index in [2.05, 4.69) is 10.4 Å². The molecule has 0 saturated carbocycles. The molecule has 2 N–H and O–H groups in total. The zero-order chi connectivity index (χ0) is 19.6. The number of aliphatic carboxylic acids is 1. The maximum Gasteiger partial charge on any atom is 0.305 e. The summed E-state index contributed by atoms with van der Waals surface area (Å²) in [6.45, 7) is 4.35. The fraction of sp³-hybridized carbons (Fsp3) is 0.474. The Hall–Kier alpha value is -2.74. The van der Waals surface area contributed by atoms with Crippen molar-refractivity contribution in [2.75, 3.05) is 18.2 Å². The van der Waals surface area contributed by atoms with Crippen LogP contribution in [0, 0.1) is 13.8 Å². The summed E-state index contributed by atoms with van der Waals surface area (Å²) < 4.78 is 5.30. The number of hydrogen-bond donors (Lipinski definition) is 2. The van der Waals surface area contributed by atoms with Crippen LogP contribution >= 0.6 is 0 Å². The molecule has 1 aromatic rings. The Labute approximate surface area is 157 Å². The number of hydrogen-bond acceptors (Lipinski definition) is 5. The van der Waals surface area contributed by atoms with Gasteiger partial charge in [-0.3, -0.25) is 14.4 Å². The third kappa shape index (κ3) is 4.16. The highest BCUT2D eigenvalue weighted by Gasteiger charge is 2.40. The molecule has 144 valence electrons. The van der Waals surface area contributed by atoms with E-state index in [1.807, 2.05) is 32.0 Å². The highest BCUT2D eigenvalue weighted by molar-refractivity contribution is 6.40. The summed E-state index contributed by atoms with van der Waals surface area (Å²) in [4.78, 5) is 36.3. The number of amides is 2. The fourth-order valence-corrected chi connectivity index (χ4v) is 3.34. The zero-order valence-electron chi connectivity index (χ0n) is 15.4. The number of benzene rings is 1. The van der Waals surface area contributed by atoms with Crippen molar-refractivity contribution < 1.29 is 24.2 Å². The number of nitrogens with zero attached hydrogens (tertiary/aromatic N) is 2. The lowest BCUT2D eigenvalue weighted by Gasteiger charge is -2.29. The third-order valence-corrected chi connectivity index (χ3v) is 4.86. The van der Waals surface area contributed by atoms with Crippen molar-refractivity contribution in [1.82, 2.24) is 5.32 Å². The number of aryl methyl sites for hydroxylation is 2. The van der Waals surface area contributed by atoms with Crippen molar-refractivity contribution in [3.63, 3.8) is 0 Å². The summed E-state index contributed by atoms with van der Waals surface area (Å²) in [5, 5.41) is 17.5. The second-order valence-electron chi connectivity index (χ2n) is 7.15. The van der Waals surface area contributed by atoms with Gasteiger partial charge in [0.15, 0.2) is 0 Å². The largest absolute Gasteiger partial charge is 0.481 e. The van der Waals surface area contributed by atoms with Crippen LogP contribution in [-0.4, -0.2) is 47.4 Å². The number of hydrazone groups is 1. The Bertz CT molecular complexity index is 812. The van der Waals surface area contributed by atoms with Crippen LogP contribution < -0.4 is 10.3 Å². The molecule has 0 spiro atoms. The Morgan fingerprint density at radius 2 is 2.11 bits per heavy atom. The van der Waals surface area contributed by atoms with Crippen molar-refractivity contribution in [3.05, 3.63) is 29.3 Å². The summed E-state index contributed by atoms with van der Waals surface area (Å²) in [5.41, 5.74) is 1.79. The summed E-state index contributed by atoms with van der Waals surface area (Å²) in [5.74, 6) is -1.63. The number of anilines is 1. The van der Waals surface area contributed by atoms with Gasteiger partial charge in [-0.1, -0.05) is 12.1 Å². The molecule has 1 saturated heterocycles. The van der Waals surface area contributed by atoms with Gasteiger partial charge < -0.3 is 15.2 Å². The molecular formula is C19H23N3O5. The first-order valence-corrected chi connectivity index (χ1v) is 8.89. The van der Waals surface area contributed by atoms with E-state index >= 15 is 0 Å². The van der Waals surface area contributed by atoms with Gasteiger partial charge in [0.25, 0.3) is 5.91 Å². The zero-order valence-corrected chi connectivity index (χ0v) is 15.4. The second kappa shape index (κ2) is 7.48. The fourth-order valence-electron chi connectivity index (χ4n) is 3.34. The SMILES string of the molecule is Cc1ccc(C)c(N2N=C(C(=O)NC3(CC(=O)O)CCOC3)CCC2=O)c1. The van der Waals surface area contributed by atoms with Gasteiger partial charge in [0, 0.05) is 19.4 Å². The molecule has 2 heterocycles. The molecule has 2 aliphatic rings. The number of carboxylic acids is 1. The van der Waals surface area contributed by atoms with Crippen LogP contribution in [0.3, 0.4) is 0 Å². The van der Waals surface area contributed by atoms with E-state index in [0.29, 0.717) is 18.7 Å². The van der Waals surface area contributed by atoms with Gasteiger partial charge in [-0.05, 0) is 37.5 Å². The van der Waals surface area contributed by atoms with Crippen molar-refractivity contribution in [2.24, 2.45) is 5.10 Å². The van der Waals surface area contributed by atoms with Gasteiger partial charge in [-0.15, -0.1) is 0 Å². The lowest BCUT2D eigenvalue weighted by Crippen LogP contribution is -2.53. The van der Waals surface area contributed by atoms with Crippen LogP contribution in [0.25, 0.3) is 0 Å². The minimum atomic E-state index is -1.00. The Balaban J connectivity index is 1.85. The minimum Gasteiger partial charge on any atom is -0.481 e. The maximum atomic E-state index is 12.7. The van der Waals surface area contributed by atoms with Crippen LogP contribution in [0.15, 0.2) is 23.3 Å². The summed E-state index contributed by atoms with van der Waals surface area (Å²) >= 11 is 0. The molecular weight excluding hydrogens is 350 g/mol. The lowest BCUT2D eigenvalue weighted by atomic mass is 9.93. The van der Waals surface area contributed by atoms with Gasteiger partial charge >= 0.3 is 5.97 Å². The maximum absolute atomic E-state index is 12.7. The number of nitrogens with one attached hydrogen (secondary N) is 1. The smallest absolute Gasteiger partial charge is 0.305 e. The third-order valence-electron chi connectivity index (χ3n) is 4.86. The molecule has 3 rings (SSSR count). The quantitative estimate of drug-likeness (QED) is 0.814. The molecule has 8 nitrogen and oxygen atoms in total. The molecule has 1 unspecified atom stereocenters. The molecule has 0 aromatic heterocycles. The van der Waals surface area contributed by atoms with Gasteiger partial charge in [0.1, 0.15) is 5.71 Å². The molecule has 1 aromatic carbocycles. The molecule has 8 heteroatoms. The normalized spacial score (nSPS) is 22.5. The summed E-state index contributed by atoms with van der Waals surface area (Å²) in [6.07, 6.45) is 0.599. The Kier molecular flexibility index (Phi) is 5.27. The van der Waals surface area contributed by atoms with Gasteiger partial charge in [0.2, 0.25) is 5.91 Å². The van der Waals surface area contributed by atoms with Gasteiger partial charge in [0.05, 0.1) is 24.3 Å². The van der Waals surface area contributed by atoms with Gasteiger partial charge in [-0.25, -0.2) is 5.01 Å². The number of rotatable bonds is 5. The standard InChI is InChI=1S/C19H23N3O5/c1-12-3-4-13(2)15(9-12)22-16(23)6-5-14(21-22)18(26)20-19(10-17(24)25)7-8-27-11-19/h3-4,9H,5-8,10-11H2,1-2H3,(H,20,26)(H,24,25). The summed E-state index contributed by atoms with van der Waals surface area (Å²) in [7, 11) is 0. The minimum absolute atomic E-state index is 0.151. The van der Waals surface area contributed by atoms with E-state index in [1.54, 1.807) is 0 Å². The Morgan fingerprint density at radius 1 is 1.33 bits per heavy atom. The predicted molar refractivity (Wildman–Crippen MR) is 98.6 cm³/mol. The van der Waals surface area contributed by atoms with Crippen molar-refractivity contribution >= 4 is 29.2 Å². The van der Waals surface area contributed by atoms with Crippen LogP contribution in [0.4, 0.5) is 5.69 Å². The number of carbonyl (C=O) groups is 3. The van der Waals surface area contributed by atoms with Crippen LogP contribution in [0.2, 0.25) is 0 Å². The van der Waals surface area contributed by atoms with E-state index < -0.39 is 17.4 Å². The van der Waals surface area contributed by atoms with Crippen molar-refractivity contribution in [2.45, 2.75) is 45.1 Å². The van der Waals surface area contributed by atoms with Crippen LogP contribution in [0.1, 0.15) is 36.8 Å². The average molecular weight is 373 g/mol. The van der Waals surface area contributed by atoms with Crippen LogP contribution in [-0.2, 0) is 19.1 Å². The molecule has 0 radical (unpaired) electrons. The van der Waals surface area contributed by atoms with E-state index in [9.17, 15) is 14.4 Å². The lowest BCUT2D eigenvalue weighted by molar-refractivity contribution is -0.139. The first-order chi connectivity index (χ1) is 12.8. The first-order valence-electron chi connectivity index (χ1n) is 8.89. The van der Waals surface area contributed by atoms with E-state index in [4.69, 9.17) is 9.84 Å². The molecule has 2 aliphatic heterocycles. The Morgan fingerprint density at radius 3 is 2.78 bits per heavy atom. The number of carbonyl (C=O) groups excluding carboxylic acids is 2. The first kappa shape index (κ1) is 19.0. The summed E-state index contributed by atoms with van der Waals surface area (Å²) in [6, 6.07) is 5.70. The predicted octanol–water partition coefficient (Wildman–Crippen LogP) is 1.54. The number of carboxylic acid groups (broad SMARTS) is 1. The number of ether oxygens (including phenoxy) is 1. The van der Waals surface area contributed by atoms with Crippen molar-refractivity contribution in [1.29, 1.82) is 0 Å². The molecule has 0 aliphatic carbocycles. The molecule has 1 fully saturated rings. The monoisotopic (exact) mass is 373 g/mol. The van der Waals surface area contributed by atoms with E-state index in [-0.39, 0.29) is 37.5 Å². The molecule has 2 amide bonds. The van der Waals surface area contributed by atoms with E-state index in [1.165, 1.54) is 5.01 Å². The molecule has 27 heavy (non-hydrogen) atoms. The topological polar surface area (TPSA) is 108 Å².